The Labute approximate surface area is 200 Å². The van der Waals surface area contributed by atoms with Gasteiger partial charge in [-0.1, -0.05) is 60.1 Å². The lowest BCUT2D eigenvalue weighted by Gasteiger charge is -2.24. The van der Waals surface area contributed by atoms with Crippen LogP contribution in [0.3, 0.4) is 0 Å². The van der Waals surface area contributed by atoms with Gasteiger partial charge in [0.05, 0.1) is 12.3 Å². The van der Waals surface area contributed by atoms with Crippen molar-refractivity contribution >= 4 is 45.7 Å². The van der Waals surface area contributed by atoms with Gasteiger partial charge in [0.1, 0.15) is 11.5 Å². The molecule has 5 rings (SSSR count). The summed E-state index contributed by atoms with van der Waals surface area (Å²) in [4.78, 5) is 33.8. The van der Waals surface area contributed by atoms with Crippen LogP contribution in [0, 0.1) is 0 Å². The van der Waals surface area contributed by atoms with Crippen molar-refractivity contribution in [2.75, 3.05) is 24.5 Å². The summed E-state index contributed by atoms with van der Waals surface area (Å²) >= 11 is 8.04. The van der Waals surface area contributed by atoms with E-state index in [4.69, 9.17) is 16.6 Å². The number of halogens is 1. The number of anilines is 1. The van der Waals surface area contributed by atoms with E-state index in [0.717, 1.165) is 38.6 Å². The van der Waals surface area contributed by atoms with Gasteiger partial charge in [-0.15, -0.1) is 11.3 Å². The minimum atomic E-state index is -0.929. The molecule has 0 bridgehead atoms. The number of benzene rings is 2. The lowest BCUT2D eigenvalue weighted by molar-refractivity contribution is -0.117. The number of hydrogen-bond acceptors (Lipinski definition) is 4. The number of aliphatic imine (C=N–C) groups is 1. The highest BCUT2D eigenvalue weighted by Gasteiger charge is 2.34. The van der Waals surface area contributed by atoms with E-state index in [1.807, 2.05) is 47.4 Å². The van der Waals surface area contributed by atoms with Crippen LogP contribution >= 0.6 is 22.9 Å². The zero-order valence-electron chi connectivity index (χ0n) is 17.8. The van der Waals surface area contributed by atoms with E-state index >= 15 is 0 Å². The normalized spacial score (nSPS) is 15.5. The van der Waals surface area contributed by atoms with Crippen LogP contribution in [0.5, 0.6) is 0 Å². The molecule has 2 amide bonds. The number of carbonyl (C=O) groups is 2. The highest BCUT2D eigenvalue weighted by atomic mass is 35.5. The van der Waals surface area contributed by atoms with Crippen LogP contribution in [-0.4, -0.2) is 47.4 Å². The van der Waals surface area contributed by atoms with Gasteiger partial charge in [-0.25, -0.2) is 4.79 Å². The van der Waals surface area contributed by atoms with Crippen LogP contribution < -0.4 is 4.90 Å². The Morgan fingerprint density at radius 2 is 1.88 bits per heavy atom. The molecule has 3 aromatic rings. The smallest absolute Gasteiger partial charge is 0.407 e. The van der Waals surface area contributed by atoms with Crippen LogP contribution in [0.2, 0.25) is 5.02 Å². The molecule has 0 fully saturated rings. The van der Waals surface area contributed by atoms with Gasteiger partial charge < -0.3 is 14.9 Å². The minimum absolute atomic E-state index is 0.0484. The van der Waals surface area contributed by atoms with Gasteiger partial charge in [0.15, 0.2) is 0 Å². The predicted molar refractivity (Wildman–Crippen MR) is 131 cm³/mol. The van der Waals surface area contributed by atoms with Crippen LogP contribution in [-0.2, 0) is 24.2 Å². The molecule has 0 unspecified atom stereocenters. The summed E-state index contributed by atoms with van der Waals surface area (Å²) in [5.74, 6) is -0.0667. The first kappa shape index (κ1) is 21.7. The maximum absolute atomic E-state index is 13.2. The van der Waals surface area contributed by atoms with Gasteiger partial charge in [0.25, 0.3) is 0 Å². The molecule has 3 heterocycles. The Kier molecular flexibility index (Phi) is 5.91. The largest absolute Gasteiger partial charge is 0.465 e. The highest BCUT2D eigenvalue weighted by molar-refractivity contribution is 7.17. The molecule has 33 heavy (non-hydrogen) atoms. The molecule has 2 aliphatic heterocycles. The number of nitrogens with zero attached hydrogens (tertiary/aromatic N) is 3. The summed E-state index contributed by atoms with van der Waals surface area (Å²) in [6.45, 7) is 1.31. The Morgan fingerprint density at radius 1 is 1.12 bits per heavy atom. The van der Waals surface area contributed by atoms with Crippen molar-refractivity contribution in [1.82, 2.24) is 4.90 Å². The Hall–Kier alpha value is -3.16. The summed E-state index contributed by atoms with van der Waals surface area (Å²) in [5, 5.41) is 10.9. The van der Waals surface area contributed by atoms with Crippen LogP contribution in [0.25, 0.3) is 0 Å². The fraction of sp³-hybridized carbons (Fsp3) is 0.240. The molecule has 2 aromatic carbocycles. The average Bonchev–Trinajstić information content (AvgIpc) is 3.13. The zero-order valence-corrected chi connectivity index (χ0v) is 19.4. The first-order valence-corrected chi connectivity index (χ1v) is 12.0. The number of amides is 2. The van der Waals surface area contributed by atoms with Crippen molar-refractivity contribution in [1.29, 1.82) is 0 Å². The number of carboxylic acid groups (broad SMARTS) is 1. The number of thiophene rings is 1. The van der Waals surface area contributed by atoms with E-state index < -0.39 is 6.09 Å². The van der Waals surface area contributed by atoms with E-state index in [1.165, 1.54) is 16.2 Å². The van der Waals surface area contributed by atoms with E-state index in [1.54, 1.807) is 0 Å². The van der Waals surface area contributed by atoms with Crippen molar-refractivity contribution in [3.05, 3.63) is 86.8 Å². The van der Waals surface area contributed by atoms with E-state index in [-0.39, 0.29) is 12.5 Å². The lowest BCUT2D eigenvalue weighted by atomic mass is 9.95. The number of hydrogen-bond donors (Lipinski definition) is 1. The molecular weight excluding hydrogens is 458 g/mol. The second-order valence-electron chi connectivity index (χ2n) is 8.06. The Balaban J connectivity index is 1.61. The summed E-state index contributed by atoms with van der Waals surface area (Å²) < 4.78 is 0. The fourth-order valence-electron chi connectivity index (χ4n) is 4.40. The monoisotopic (exact) mass is 479 g/mol. The van der Waals surface area contributed by atoms with Gasteiger partial charge in [-0.2, -0.15) is 0 Å². The van der Waals surface area contributed by atoms with Gasteiger partial charge in [-0.05, 0) is 30.0 Å². The average molecular weight is 480 g/mol. The third kappa shape index (κ3) is 4.14. The van der Waals surface area contributed by atoms with E-state index in [2.05, 4.69) is 12.1 Å². The molecule has 0 spiro atoms. The highest BCUT2D eigenvalue weighted by Crippen LogP contribution is 2.42. The van der Waals surface area contributed by atoms with Crippen LogP contribution in [0.1, 0.15) is 27.1 Å². The molecule has 0 atom stereocenters. The van der Waals surface area contributed by atoms with E-state index in [0.29, 0.717) is 36.8 Å². The molecule has 6 nitrogen and oxygen atoms in total. The molecule has 2 aliphatic rings. The fourth-order valence-corrected chi connectivity index (χ4v) is 6.03. The van der Waals surface area contributed by atoms with Crippen molar-refractivity contribution < 1.29 is 14.7 Å². The Bertz CT molecular complexity index is 1260. The summed E-state index contributed by atoms with van der Waals surface area (Å²) in [5.41, 5.74) is 4.66. The molecule has 8 heteroatoms. The summed E-state index contributed by atoms with van der Waals surface area (Å²) in [7, 11) is 0. The van der Waals surface area contributed by atoms with Crippen molar-refractivity contribution in [2.24, 2.45) is 4.99 Å². The molecular formula is C25H22ClN3O3S. The number of fused-ring (bicyclic) bond motifs is 3. The quantitative estimate of drug-likeness (QED) is 0.580. The summed E-state index contributed by atoms with van der Waals surface area (Å²) in [6.07, 6.45) is 0.371. The van der Waals surface area contributed by atoms with E-state index in [9.17, 15) is 14.7 Å². The molecule has 168 valence electrons. The number of rotatable bonds is 4. The second kappa shape index (κ2) is 9.00. The molecule has 1 N–H and O–H groups in total. The SMILES string of the molecule is O=C(O)N1CCc2c(sc3c2C(c2ccccc2Cl)=NCC(=O)N3CCc2ccccc2)C1. The Morgan fingerprint density at radius 3 is 2.64 bits per heavy atom. The van der Waals surface area contributed by atoms with Gasteiger partial charge in [-0.3, -0.25) is 9.79 Å². The van der Waals surface area contributed by atoms with Crippen molar-refractivity contribution in [2.45, 2.75) is 19.4 Å². The maximum atomic E-state index is 13.2. The first-order valence-electron chi connectivity index (χ1n) is 10.8. The topological polar surface area (TPSA) is 73.2 Å². The number of carbonyl (C=O) groups excluding carboxylic acids is 1. The second-order valence-corrected chi connectivity index (χ2v) is 9.55. The van der Waals surface area contributed by atoms with Gasteiger partial charge in [0.2, 0.25) is 5.91 Å². The first-order chi connectivity index (χ1) is 16.0. The minimum Gasteiger partial charge on any atom is -0.465 e. The molecule has 0 radical (unpaired) electrons. The van der Waals surface area contributed by atoms with Crippen molar-refractivity contribution in [3.63, 3.8) is 0 Å². The molecule has 1 aromatic heterocycles. The maximum Gasteiger partial charge on any atom is 0.407 e. The third-order valence-electron chi connectivity index (χ3n) is 6.06. The molecule has 0 saturated heterocycles. The molecule has 0 aliphatic carbocycles. The third-order valence-corrected chi connectivity index (χ3v) is 7.63. The van der Waals surface area contributed by atoms with Gasteiger partial charge in [0, 0.05) is 34.1 Å². The van der Waals surface area contributed by atoms with Crippen LogP contribution in [0.4, 0.5) is 9.80 Å². The lowest BCUT2D eigenvalue weighted by Crippen LogP contribution is -2.34. The standard InChI is InChI=1S/C25H22ClN3O3S/c26-19-9-5-4-8-17(19)23-22-18-11-12-28(25(31)32)15-20(18)33-24(22)29(21(30)14-27-23)13-10-16-6-2-1-3-7-16/h1-9H,10-15H2,(H,31,32). The zero-order chi connectivity index (χ0) is 22.9. The molecule has 0 saturated carbocycles. The summed E-state index contributed by atoms with van der Waals surface area (Å²) in [6, 6.07) is 17.6. The van der Waals surface area contributed by atoms with Crippen molar-refractivity contribution in [3.8, 4) is 0 Å². The van der Waals surface area contributed by atoms with Crippen LogP contribution in [0.15, 0.2) is 59.6 Å². The van der Waals surface area contributed by atoms with Gasteiger partial charge >= 0.3 is 6.09 Å². The predicted octanol–water partition coefficient (Wildman–Crippen LogP) is 4.86.